The van der Waals surface area contributed by atoms with Crippen LogP contribution in [0.25, 0.3) is 0 Å². The molecule has 0 fully saturated rings. The van der Waals surface area contributed by atoms with Gasteiger partial charge in [0.2, 0.25) is 0 Å². The number of primary amides is 1. The summed E-state index contributed by atoms with van der Waals surface area (Å²) in [6, 6.07) is 9.01. The van der Waals surface area contributed by atoms with Crippen molar-refractivity contribution < 1.29 is 14.0 Å². The van der Waals surface area contributed by atoms with Crippen LogP contribution in [0.2, 0.25) is 0 Å². The molecule has 2 amide bonds. The van der Waals surface area contributed by atoms with Gasteiger partial charge in [-0.1, -0.05) is 11.6 Å². The van der Waals surface area contributed by atoms with E-state index in [9.17, 15) is 14.0 Å². The summed E-state index contributed by atoms with van der Waals surface area (Å²) in [4.78, 5) is 23.3. The molecule has 6 heteroatoms. The van der Waals surface area contributed by atoms with Gasteiger partial charge in [0.15, 0.2) is 0 Å². The van der Waals surface area contributed by atoms with Crippen molar-refractivity contribution >= 4 is 33.4 Å². The topological polar surface area (TPSA) is 72.2 Å². The number of nitrogens with two attached hydrogens (primary N) is 1. The van der Waals surface area contributed by atoms with Crippen LogP contribution in [-0.4, -0.2) is 11.8 Å². The van der Waals surface area contributed by atoms with E-state index in [4.69, 9.17) is 5.73 Å². The van der Waals surface area contributed by atoms with Crippen molar-refractivity contribution in [1.82, 2.24) is 0 Å². The molecule has 0 heterocycles. The van der Waals surface area contributed by atoms with Crippen LogP contribution in [0.3, 0.4) is 0 Å². The number of hydrogen-bond acceptors (Lipinski definition) is 2. The van der Waals surface area contributed by atoms with E-state index in [1.54, 1.807) is 12.1 Å². The molecule has 2 aromatic carbocycles. The van der Waals surface area contributed by atoms with Crippen LogP contribution in [0.4, 0.5) is 10.1 Å². The maximum absolute atomic E-state index is 13.4. The fraction of sp³-hybridized carbons (Fsp3) is 0.0667. The zero-order valence-electron chi connectivity index (χ0n) is 11.1. The van der Waals surface area contributed by atoms with Gasteiger partial charge in [-0.3, -0.25) is 9.59 Å². The molecule has 0 aliphatic heterocycles. The zero-order valence-corrected chi connectivity index (χ0v) is 12.7. The van der Waals surface area contributed by atoms with Gasteiger partial charge in [0.1, 0.15) is 5.82 Å². The molecule has 0 spiro atoms. The Morgan fingerprint density at radius 2 is 1.86 bits per heavy atom. The summed E-state index contributed by atoms with van der Waals surface area (Å²) in [5, 5.41) is 2.61. The zero-order chi connectivity index (χ0) is 15.6. The van der Waals surface area contributed by atoms with E-state index in [-0.39, 0.29) is 11.5 Å². The van der Waals surface area contributed by atoms with Gasteiger partial charge in [-0.2, -0.15) is 0 Å². The lowest BCUT2D eigenvalue weighted by atomic mass is 10.1. The highest BCUT2D eigenvalue weighted by molar-refractivity contribution is 9.10. The summed E-state index contributed by atoms with van der Waals surface area (Å²) in [6.07, 6.45) is 0. The first-order chi connectivity index (χ1) is 9.88. The number of nitrogens with one attached hydrogen (secondary N) is 1. The molecule has 4 nitrogen and oxygen atoms in total. The second kappa shape index (κ2) is 6.05. The number of amides is 2. The van der Waals surface area contributed by atoms with Gasteiger partial charge < -0.3 is 11.1 Å². The van der Waals surface area contributed by atoms with Crippen LogP contribution in [0.15, 0.2) is 40.9 Å². The third-order valence-corrected chi connectivity index (χ3v) is 3.55. The number of carbonyl (C=O) groups is 2. The van der Waals surface area contributed by atoms with Crippen molar-refractivity contribution in [2.45, 2.75) is 6.92 Å². The van der Waals surface area contributed by atoms with E-state index in [0.717, 1.165) is 11.6 Å². The molecule has 0 aliphatic rings. The molecule has 3 N–H and O–H groups in total. The molecule has 0 atom stereocenters. The minimum Gasteiger partial charge on any atom is -0.366 e. The Kier molecular flexibility index (Phi) is 4.37. The maximum atomic E-state index is 13.4. The fourth-order valence-electron chi connectivity index (χ4n) is 1.80. The Bertz CT molecular complexity index is 732. The van der Waals surface area contributed by atoms with Gasteiger partial charge in [-0.15, -0.1) is 0 Å². The van der Waals surface area contributed by atoms with Crippen molar-refractivity contribution in [2.75, 3.05) is 5.32 Å². The largest absolute Gasteiger partial charge is 0.366 e. The summed E-state index contributed by atoms with van der Waals surface area (Å²) in [5.41, 5.74) is 6.47. The predicted molar refractivity (Wildman–Crippen MR) is 81.8 cm³/mol. The third kappa shape index (κ3) is 3.46. The molecular formula is C15H12BrFN2O2. The predicted octanol–water partition coefficient (Wildman–Crippen LogP) is 3.25. The molecule has 108 valence electrons. The summed E-state index contributed by atoms with van der Waals surface area (Å²) >= 11 is 3.30. The molecule has 0 bridgehead atoms. The standard InChI is InChI=1S/C15H12BrFN2O2/c1-8-2-4-12(16)10(6-8)15(21)19-9-3-5-13(17)11(7-9)14(18)20/h2-7H,1H3,(H2,18,20)(H,19,21). The average molecular weight is 351 g/mol. The van der Waals surface area contributed by atoms with Crippen molar-refractivity contribution in [3.8, 4) is 0 Å². The van der Waals surface area contributed by atoms with Gasteiger partial charge in [0.05, 0.1) is 11.1 Å². The van der Waals surface area contributed by atoms with Gasteiger partial charge >= 0.3 is 0 Å². The minimum atomic E-state index is -0.889. The molecular weight excluding hydrogens is 339 g/mol. The molecule has 0 saturated heterocycles. The molecule has 2 aromatic rings. The number of carbonyl (C=O) groups excluding carboxylic acids is 2. The summed E-state index contributed by atoms with van der Waals surface area (Å²) in [5.74, 6) is -1.98. The summed E-state index contributed by atoms with van der Waals surface area (Å²) in [6.45, 7) is 1.87. The average Bonchev–Trinajstić information content (AvgIpc) is 2.43. The van der Waals surface area contributed by atoms with Crippen LogP contribution in [-0.2, 0) is 0 Å². The Hall–Kier alpha value is -2.21. The van der Waals surface area contributed by atoms with Gasteiger partial charge in [-0.25, -0.2) is 4.39 Å². The lowest BCUT2D eigenvalue weighted by Gasteiger charge is -2.09. The van der Waals surface area contributed by atoms with E-state index in [1.165, 1.54) is 12.1 Å². The summed E-state index contributed by atoms with van der Waals surface area (Å²) < 4.78 is 14.0. The summed E-state index contributed by atoms with van der Waals surface area (Å²) in [7, 11) is 0. The monoisotopic (exact) mass is 350 g/mol. The number of halogens is 2. The van der Waals surface area contributed by atoms with E-state index >= 15 is 0 Å². The van der Waals surface area contributed by atoms with Crippen LogP contribution in [0.1, 0.15) is 26.3 Å². The molecule has 0 unspecified atom stereocenters. The van der Waals surface area contributed by atoms with Crippen molar-refractivity contribution in [2.24, 2.45) is 5.73 Å². The highest BCUT2D eigenvalue weighted by atomic mass is 79.9. The lowest BCUT2D eigenvalue weighted by molar-refractivity contribution is 0.0992. The number of rotatable bonds is 3. The van der Waals surface area contributed by atoms with Crippen LogP contribution < -0.4 is 11.1 Å². The number of aryl methyl sites for hydroxylation is 1. The molecule has 0 saturated carbocycles. The van der Waals surface area contributed by atoms with Gasteiger partial charge in [0.25, 0.3) is 11.8 Å². The molecule has 21 heavy (non-hydrogen) atoms. The first kappa shape index (κ1) is 15.2. The van der Waals surface area contributed by atoms with E-state index in [2.05, 4.69) is 21.2 Å². The Morgan fingerprint density at radius 1 is 1.14 bits per heavy atom. The highest BCUT2D eigenvalue weighted by Crippen LogP contribution is 2.21. The Balaban J connectivity index is 2.29. The van der Waals surface area contributed by atoms with Crippen LogP contribution in [0.5, 0.6) is 0 Å². The lowest BCUT2D eigenvalue weighted by Crippen LogP contribution is -2.16. The first-order valence-electron chi connectivity index (χ1n) is 6.05. The van der Waals surface area contributed by atoms with E-state index in [1.807, 2.05) is 13.0 Å². The molecule has 0 aliphatic carbocycles. The van der Waals surface area contributed by atoms with Crippen LogP contribution in [0, 0.1) is 12.7 Å². The number of benzene rings is 2. The van der Waals surface area contributed by atoms with Gasteiger partial charge in [0, 0.05) is 10.2 Å². The SMILES string of the molecule is Cc1ccc(Br)c(C(=O)Nc2ccc(F)c(C(N)=O)c2)c1. The molecule has 0 aromatic heterocycles. The third-order valence-electron chi connectivity index (χ3n) is 2.86. The quantitative estimate of drug-likeness (QED) is 0.891. The van der Waals surface area contributed by atoms with Crippen molar-refractivity contribution in [3.05, 3.63) is 63.4 Å². The fourth-order valence-corrected chi connectivity index (χ4v) is 2.23. The first-order valence-corrected chi connectivity index (χ1v) is 6.84. The molecule has 0 radical (unpaired) electrons. The van der Waals surface area contributed by atoms with Gasteiger partial charge in [-0.05, 0) is 53.2 Å². The number of anilines is 1. The highest BCUT2D eigenvalue weighted by Gasteiger charge is 2.13. The number of hydrogen-bond donors (Lipinski definition) is 2. The second-order valence-corrected chi connectivity index (χ2v) is 5.35. The Labute approximate surface area is 129 Å². The van der Waals surface area contributed by atoms with Crippen molar-refractivity contribution in [3.63, 3.8) is 0 Å². The van der Waals surface area contributed by atoms with E-state index in [0.29, 0.717) is 15.7 Å². The maximum Gasteiger partial charge on any atom is 0.256 e. The van der Waals surface area contributed by atoms with Crippen LogP contribution >= 0.6 is 15.9 Å². The van der Waals surface area contributed by atoms with E-state index < -0.39 is 11.7 Å². The Morgan fingerprint density at radius 3 is 2.52 bits per heavy atom. The minimum absolute atomic E-state index is 0.267. The smallest absolute Gasteiger partial charge is 0.256 e. The molecule has 2 rings (SSSR count). The van der Waals surface area contributed by atoms with Crippen molar-refractivity contribution in [1.29, 1.82) is 0 Å². The second-order valence-electron chi connectivity index (χ2n) is 4.50. The normalized spacial score (nSPS) is 10.2.